The monoisotopic (exact) mass is 605 g/mol. The predicted molar refractivity (Wildman–Crippen MR) is 147 cm³/mol. The van der Waals surface area contributed by atoms with E-state index < -0.39 is 72.1 Å². The molecule has 17 heteroatoms. The zero-order valence-electron chi connectivity index (χ0n) is 22.6. The van der Waals surface area contributed by atoms with Gasteiger partial charge in [-0.2, -0.15) is 0 Å². The molecule has 2 fully saturated rings. The van der Waals surface area contributed by atoms with Crippen molar-refractivity contribution in [2.24, 2.45) is 0 Å². The van der Waals surface area contributed by atoms with Crippen LogP contribution in [0.4, 0.5) is 10.5 Å². The van der Waals surface area contributed by atoms with Crippen LogP contribution in [0.1, 0.15) is 30.9 Å². The number of hydrogen-bond donors (Lipinski definition) is 7. The van der Waals surface area contributed by atoms with Crippen LogP contribution in [0.2, 0.25) is 0 Å². The molecule has 1 amide bonds. The summed E-state index contributed by atoms with van der Waals surface area (Å²) in [6.45, 7) is -0.835. The first-order chi connectivity index (χ1) is 20.5. The first kappa shape index (κ1) is 31.5. The Balaban J connectivity index is 0.000000225. The summed E-state index contributed by atoms with van der Waals surface area (Å²) in [5.41, 5.74) is -2.33. The molecule has 5 rings (SSSR count). The summed E-state index contributed by atoms with van der Waals surface area (Å²) in [4.78, 5) is 63.3. The largest absolute Gasteiger partial charge is 0.465 e. The third-order valence-corrected chi connectivity index (χ3v) is 6.89. The molecule has 0 saturated carbocycles. The number of aliphatic hydroxyl groups is 4. The molecule has 0 unspecified atom stereocenters. The van der Waals surface area contributed by atoms with E-state index in [0.717, 1.165) is 15.7 Å². The second-order valence-electron chi connectivity index (χ2n) is 9.78. The van der Waals surface area contributed by atoms with E-state index in [1.807, 2.05) is 0 Å². The number of carboxylic acid groups (broad SMARTS) is 1. The van der Waals surface area contributed by atoms with Crippen LogP contribution in [-0.2, 0) is 16.0 Å². The zero-order valence-corrected chi connectivity index (χ0v) is 22.6. The van der Waals surface area contributed by atoms with Crippen molar-refractivity contribution in [3.05, 3.63) is 96.0 Å². The maximum absolute atomic E-state index is 12.2. The van der Waals surface area contributed by atoms with Gasteiger partial charge in [-0.3, -0.25) is 33.6 Å². The molecule has 17 nitrogen and oxygen atoms in total. The van der Waals surface area contributed by atoms with Crippen molar-refractivity contribution >= 4 is 11.8 Å². The van der Waals surface area contributed by atoms with E-state index >= 15 is 0 Å². The van der Waals surface area contributed by atoms with Crippen molar-refractivity contribution in [3.63, 3.8) is 0 Å². The average molecular weight is 606 g/mol. The van der Waals surface area contributed by atoms with E-state index in [1.165, 1.54) is 16.8 Å². The third kappa shape index (κ3) is 7.34. The average Bonchev–Trinajstić information content (AvgIpc) is 3.54. The van der Waals surface area contributed by atoms with Gasteiger partial charge in [-0.1, -0.05) is 30.3 Å². The Kier molecular flexibility index (Phi) is 10.1. The maximum atomic E-state index is 12.2. The number of anilines is 1. The Morgan fingerprint density at radius 2 is 1.42 bits per heavy atom. The fraction of sp³-hybridized carbons (Fsp3) is 0.423. The number of nitrogens with zero attached hydrogens (tertiary/aromatic N) is 3. The van der Waals surface area contributed by atoms with Crippen molar-refractivity contribution in [1.82, 2.24) is 19.1 Å². The molecule has 6 atom stereocenters. The van der Waals surface area contributed by atoms with E-state index in [1.54, 1.807) is 30.3 Å². The normalized spacial score (nSPS) is 24.7. The summed E-state index contributed by atoms with van der Waals surface area (Å²) in [7, 11) is 0. The molecule has 7 N–H and O–H groups in total. The van der Waals surface area contributed by atoms with Gasteiger partial charge in [-0.25, -0.2) is 14.4 Å². The number of amides is 1. The lowest BCUT2D eigenvalue weighted by molar-refractivity contribution is -0.0459. The van der Waals surface area contributed by atoms with Crippen LogP contribution in [0.3, 0.4) is 0 Å². The Labute approximate surface area is 241 Å². The number of nitrogens with one attached hydrogen (secondary N) is 2. The Morgan fingerprint density at radius 3 is 1.93 bits per heavy atom. The molecule has 2 aliphatic heterocycles. The number of aromatic nitrogens is 4. The molecule has 232 valence electrons. The topological polar surface area (TPSA) is 250 Å². The molecule has 2 saturated heterocycles. The minimum Gasteiger partial charge on any atom is -0.465 e. The van der Waals surface area contributed by atoms with E-state index in [-0.39, 0.29) is 31.7 Å². The summed E-state index contributed by atoms with van der Waals surface area (Å²) in [6.07, 6.45) is -3.69. The van der Waals surface area contributed by atoms with E-state index in [2.05, 4.69) is 9.97 Å². The highest BCUT2D eigenvalue weighted by Gasteiger charge is 2.36. The van der Waals surface area contributed by atoms with Gasteiger partial charge >= 0.3 is 17.5 Å². The van der Waals surface area contributed by atoms with Crippen molar-refractivity contribution in [2.45, 2.75) is 56.3 Å². The van der Waals surface area contributed by atoms with E-state index in [4.69, 9.17) is 14.6 Å². The molecule has 3 aromatic rings. The fourth-order valence-corrected chi connectivity index (χ4v) is 4.66. The number of carbonyl (C=O) groups is 1. The molecule has 0 bridgehead atoms. The lowest BCUT2D eigenvalue weighted by atomic mass is 10.2. The highest BCUT2D eigenvalue weighted by molar-refractivity contribution is 5.85. The molecule has 2 aliphatic rings. The SMILES string of the molecule is O=C(O)N(Cc1ccccc1)c1cn([C@H]2C[C@H](O)[C@@H](CO)O2)c(=O)[nH]c1=O.O=c1ccn([C@H]2C[C@H](O)[C@@H](CO)O2)c(=O)[nH]1. The van der Waals surface area contributed by atoms with Crippen molar-refractivity contribution < 1.29 is 39.8 Å². The van der Waals surface area contributed by atoms with Crippen LogP contribution in [-0.4, -0.2) is 88.4 Å². The van der Waals surface area contributed by atoms with Crippen LogP contribution < -0.4 is 27.4 Å². The highest BCUT2D eigenvalue weighted by Crippen LogP contribution is 2.28. The fourth-order valence-electron chi connectivity index (χ4n) is 4.66. The summed E-state index contributed by atoms with van der Waals surface area (Å²) in [6, 6.07) is 9.88. The number of hydrogen-bond acceptors (Lipinski definition) is 11. The molecule has 0 aliphatic carbocycles. The number of benzene rings is 1. The number of aromatic amines is 2. The Bertz CT molecular complexity index is 1630. The lowest BCUT2D eigenvalue weighted by Crippen LogP contribution is -2.39. The highest BCUT2D eigenvalue weighted by atomic mass is 16.5. The van der Waals surface area contributed by atoms with Gasteiger partial charge in [0, 0.05) is 31.3 Å². The van der Waals surface area contributed by atoms with Crippen LogP contribution in [0, 0.1) is 0 Å². The van der Waals surface area contributed by atoms with E-state index in [9.17, 15) is 44.4 Å². The summed E-state index contributed by atoms with van der Waals surface area (Å²) in [5.74, 6) is 0. The Hall–Kier alpha value is -4.39. The predicted octanol–water partition coefficient (Wildman–Crippen LogP) is -1.96. The van der Waals surface area contributed by atoms with Gasteiger partial charge in [-0.05, 0) is 5.56 Å². The Morgan fingerprint density at radius 1 is 0.860 bits per heavy atom. The van der Waals surface area contributed by atoms with Gasteiger partial charge in [0.15, 0.2) is 0 Å². The summed E-state index contributed by atoms with van der Waals surface area (Å²) in [5, 5.41) is 46.9. The second kappa shape index (κ2) is 13.7. The van der Waals surface area contributed by atoms with Crippen LogP contribution in [0.25, 0.3) is 0 Å². The van der Waals surface area contributed by atoms with Gasteiger partial charge in [0.25, 0.3) is 11.1 Å². The molecular weight excluding hydrogens is 574 g/mol. The molecule has 1 aromatic carbocycles. The standard InChI is InChI=1S/C17H19N3O7.C9H12N2O5/c21-9-13-12(22)6-14(27-13)20-8-11(15(23)18-16(20)24)19(17(25)26)7-10-4-2-1-3-5-10;12-4-6-5(13)3-8(16-6)11-2-1-7(14)10-9(11)15/h1-5,8,12-14,21-22H,6-7,9H2,(H,25,26)(H,18,23,24);1-2,5-6,8,12-13H,3-4H2,(H,10,14,15)/t12-,13+,14+;5-,6+,8+/m00/s1. The van der Waals surface area contributed by atoms with Gasteiger partial charge in [0.05, 0.1) is 32.0 Å². The minimum atomic E-state index is -1.37. The van der Waals surface area contributed by atoms with Crippen LogP contribution in [0.15, 0.2) is 68.0 Å². The number of rotatable bonds is 7. The van der Waals surface area contributed by atoms with Crippen molar-refractivity contribution in [3.8, 4) is 0 Å². The molecule has 0 radical (unpaired) electrons. The van der Waals surface area contributed by atoms with Gasteiger partial charge in [-0.15, -0.1) is 0 Å². The molecule has 2 aromatic heterocycles. The third-order valence-electron chi connectivity index (χ3n) is 6.89. The van der Waals surface area contributed by atoms with Gasteiger partial charge < -0.3 is 35.0 Å². The van der Waals surface area contributed by atoms with Crippen LogP contribution in [0.5, 0.6) is 0 Å². The van der Waals surface area contributed by atoms with Gasteiger partial charge in [0.2, 0.25) is 0 Å². The van der Waals surface area contributed by atoms with Crippen molar-refractivity contribution in [1.29, 1.82) is 0 Å². The van der Waals surface area contributed by atoms with Gasteiger partial charge in [0.1, 0.15) is 30.4 Å². The lowest BCUT2D eigenvalue weighted by Gasteiger charge is -2.21. The molecule has 4 heterocycles. The number of ether oxygens (including phenoxy) is 2. The maximum Gasteiger partial charge on any atom is 0.412 e. The molecule has 43 heavy (non-hydrogen) atoms. The smallest absolute Gasteiger partial charge is 0.412 e. The zero-order chi connectivity index (χ0) is 31.3. The quantitative estimate of drug-likeness (QED) is 0.155. The summed E-state index contributed by atoms with van der Waals surface area (Å²) >= 11 is 0. The first-order valence-electron chi connectivity index (χ1n) is 13.1. The summed E-state index contributed by atoms with van der Waals surface area (Å²) < 4.78 is 12.9. The molecular formula is C26H31N5O12. The first-order valence-corrected chi connectivity index (χ1v) is 13.1. The second-order valence-corrected chi connectivity index (χ2v) is 9.78. The number of H-pyrrole nitrogens is 2. The molecule has 0 spiro atoms. The minimum absolute atomic E-state index is 0.0162. The van der Waals surface area contributed by atoms with E-state index in [0.29, 0.717) is 5.56 Å². The number of aliphatic hydroxyl groups excluding tert-OH is 4. The van der Waals surface area contributed by atoms with Crippen molar-refractivity contribution in [2.75, 3.05) is 18.1 Å². The van der Waals surface area contributed by atoms with Crippen LogP contribution >= 0.6 is 0 Å².